The summed E-state index contributed by atoms with van der Waals surface area (Å²) in [4.78, 5) is 8.94. The van der Waals surface area contributed by atoms with E-state index in [2.05, 4.69) is 37.7 Å². The van der Waals surface area contributed by atoms with Gasteiger partial charge in [-0.25, -0.2) is 0 Å². The summed E-state index contributed by atoms with van der Waals surface area (Å²) < 4.78 is 0. The van der Waals surface area contributed by atoms with E-state index in [1.54, 1.807) is 12.4 Å². The maximum absolute atomic E-state index is 6.57. The number of nitrogens with zero attached hydrogens (tertiary/aromatic N) is 2. The summed E-state index contributed by atoms with van der Waals surface area (Å²) in [6, 6.07) is 3.70. The molecule has 0 atom stereocenters. The molecule has 0 N–H and O–H groups in total. The molecule has 2 rings (SSSR count). The summed E-state index contributed by atoms with van der Waals surface area (Å²) in [5, 5.41) is 2.84. The SMILES string of the molecule is CC(C)[SiH](c1c(-c2ccc(Cl)cn2)ncc(Cl)c1Cl)C(C)C.[Pd]. The van der Waals surface area contributed by atoms with E-state index < -0.39 is 8.80 Å². The van der Waals surface area contributed by atoms with Crippen molar-refractivity contribution in [1.29, 1.82) is 0 Å². The third-order valence-corrected chi connectivity index (χ3v) is 9.05. The van der Waals surface area contributed by atoms with Gasteiger partial charge < -0.3 is 0 Å². The van der Waals surface area contributed by atoms with Crippen LogP contribution in [0, 0.1) is 0 Å². The quantitative estimate of drug-likeness (QED) is 0.552. The molecule has 0 radical (unpaired) electrons. The van der Waals surface area contributed by atoms with Crippen LogP contribution in [0.1, 0.15) is 27.7 Å². The largest absolute Gasteiger partial charge is 0.253 e. The third kappa shape index (κ3) is 4.78. The van der Waals surface area contributed by atoms with E-state index in [1.165, 1.54) is 0 Å². The Morgan fingerprint density at radius 1 is 0.913 bits per heavy atom. The maximum Gasteiger partial charge on any atom is 0.0891 e. The van der Waals surface area contributed by atoms with E-state index >= 15 is 0 Å². The molecule has 2 aromatic heterocycles. The first-order valence-corrected chi connectivity index (χ1v) is 10.3. The van der Waals surface area contributed by atoms with Crippen LogP contribution in [0.4, 0.5) is 0 Å². The molecule has 0 unspecified atom stereocenters. The summed E-state index contributed by atoms with van der Waals surface area (Å²) in [6.45, 7) is 8.97. The molecule has 0 aliphatic rings. The number of aromatic nitrogens is 2. The number of pyridine rings is 2. The predicted octanol–water partition coefficient (Wildman–Crippen LogP) is 5.36. The molecule has 7 heteroatoms. The van der Waals surface area contributed by atoms with Gasteiger partial charge in [0.1, 0.15) is 0 Å². The van der Waals surface area contributed by atoms with Crippen LogP contribution in [0.25, 0.3) is 11.4 Å². The van der Waals surface area contributed by atoms with Crippen LogP contribution in [0.5, 0.6) is 0 Å². The second kappa shape index (κ2) is 8.94. The van der Waals surface area contributed by atoms with Crippen molar-refractivity contribution >= 4 is 48.8 Å². The summed E-state index contributed by atoms with van der Waals surface area (Å²) >= 11 is 18.7. The van der Waals surface area contributed by atoms with Crippen LogP contribution in [-0.2, 0) is 20.4 Å². The summed E-state index contributed by atoms with van der Waals surface area (Å²) in [6.07, 6.45) is 3.23. The zero-order chi connectivity index (χ0) is 16.4. The van der Waals surface area contributed by atoms with Crippen LogP contribution in [-0.4, -0.2) is 18.8 Å². The summed E-state index contributed by atoms with van der Waals surface area (Å²) in [5.41, 5.74) is 2.72. The molecule has 0 aliphatic carbocycles. The van der Waals surface area contributed by atoms with Gasteiger partial charge in [0.25, 0.3) is 0 Å². The molecule has 0 aliphatic heterocycles. The monoisotopic (exact) mass is 478 g/mol. The normalized spacial score (nSPS) is 11.2. The van der Waals surface area contributed by atoms with Gasteiger partial charge in [-0.3, -0.25) is 9.97 Å². The van der Waals surface area contributed by atoms with E-state index in [4.69, 9.17) is 34.8 Å². The van der Waals surface area contributed by atoms with Crippen molar-refractivity contribution in [3.8, 4) is 11.4 Å². The Morgan fingerprint density at radius 3 is 2.00 bits per heavy atom. The Hall–Kier alpha value is 0.0492. The Kier molecular flexibility index (Phi) is 8.20. The van der Waals surface area contributed by atoms with Gasteiger partial charge in [0.15, 0.2) is 0 Å². The summed E-state index contributed by atoms with van der Waals surface area (Å²) in [7, 11) is -1.38. The molecule has 0 aromatic carbocycles. The van der Waals surface area contributed by atoms with Crippen molar-refractivity contribution < 1.29 is 20.4 Å². The fourth-order valence-electron chi connectivity index (χ4n) is 2.94. The molecule has 0 saturated carbocycles. The maximum atomic E-state index is 6.57. The fraction of sp³-hybridized carbons (Fsp3) is 0.375. The van der Waals surface area contributed by atoms with Gasteiger partial charge in [0.2, 0.25) is 0 Å². The van der Waals surface area contributed by atoms with Gasteiger partial charge in [-0.05, 0) is 28.4 Å². The standard InChI is InChI=1S/C16H19Cl3N2Si.Pd/c1-9(2)22(10(3)4)16-14(19)12(18)8-21-15(16)13-6-5-11(17)7-20-13;/h5-10,22H,1-4H3;. The van der Waals surface area contributed by atoms with E-state index in [-0.39, 0.29) is 20.4 Å². The zero-order valence-electron chi connectivity index (χ0n) is 13.4. The Morgan fingerprint density at radius 2 is 1.52 bits per heavy atom. The minimum Gasteiger partial charge on any atom is -0.253 e. The smallest absolute Gasteiger partial charge is 0.0891 e. The van der Waals surface area contributed by atoms with Crippen molar-refractivity contribution in [1.82, 2.24) is 9.97 Å². The predicted molar refractivity (Wildman–Crippen MR) is 99.5 cm³/mol. The fourth-order valence-corrected chi connectivity index (χ4v) is 7.67. The van der Waals surface area contributed by atoms with Crippen molar-refractivity contribution in [2.24, 2.45) is 0 Å². The average Bonchev–Trinajstić information content (AvgIpc) is 2.44. The van der Waals surface area contributed by atoms with Crippen LogP contribution >= 0.6 is 34.8 Å². The van der Waals surface area contributed by atoms with E-state index in [0.717, 1.165) is 16.6 Å². The molecule has 0 fully saturated rings. The first-order valence-electron chi connectivity index (χ1n) is 7.28. The molecule has 2 heterocycles. The van der Waals surface area contributed by atoms with Gasteiger partial charge >= 0.3 is 0 Å². The van der Waals surface area contributed by atoms with Crippen LogP contribution in [0.3, 0.4) is 0 Å². The summed E-state index contributed by atoms with van der Waals surface area (Å²) in [5.74, 6) is 0. The Labute approximate surface area is 168 Å². The zero-order valence-corrected chi connectivity index (χ0v) is 18.4. The van der Waals surface area contributed by atoms with Gasteiger partial charge in [0, 0.05) is 32.8 Å². The molecule has 0 bridgehead atoms. The van der Waals surface area contributed by atoms with E-state index in [0.29, 0.717) is 26.2 Å². The van der Waals surface area contributed by atoms with Crippen molar-refractivity contribution in [2.75, 3.05) is 0 Å². The molecule has 23 heavy (non-hydrogen) atoms. The number of rotatable bonds is 4. The van der Waals surface area contributed by atoms with Crippen molar-refractivity contribution in [3.05, 3.63) is 39.6 Å². The minimum atomic E-state index is -1.38. The topological polar surface area (TPSA) is 25.8 Å². The first-order chi connectivity index (χ1) is 10.3. The molecule has 0 saturated heterocycles. The number of hydrogen-bond acceptors (Lipinski definition) is 2. The van der Waals surface area contributed by atoms with Gasteiger partial charge in [-0.1, -0.05) is 62.5 Å². The van der Waals surface area contributed by atoms with Crippen LogP contribution in [0.15, 0.2) is 24.5 Å². The van der Waals surface area contributed by atoms with Gasteiger partial charge in [0.05, 0.1) is 35.3 Å². The van der Waals surface area contributed by atoms with Gasteiger partial charge in [-0.2, -0.15) is 0 Å². The third-order valence-electron chi connectivity index (χ3n) is 3.75. The van der Waals surface area contributed by atoms with E-state index in [1.807, 2.05) is 12.1 Å². The molecule has 2 aromatic rings. The second-order valence-electron chi connectivity index (χ2n) is 6.06. The molecule has 2 nitrogen and oxygen atoms in total. The average molecular weight is 480 g/mol. The minimum absolute atomic E-state index is 0. The van der Waals surface area contributed by atoms with Crippen molar-refractivity contribution in [2.45, 2.75) is 38.8 Å². The molecule has 128 valence electrons. The van der Waals surface area contributed by atoms with Crippen molar-refractivity contribution in [3.63, 3.8) is 0 Å². The molecule has 0 spiro atoms. The molecular weight excluding hydrogens is 461 g/mol. The van der Waals surface area contributed by atoms with Crippen LogP contribution < -0.4 is 5.19 Å². The van der Waals surface area contributed by atoms with Crippen LogP contribution in [0.2, 0.25) is 26.2 Å². The van der Waals surface area contributed by atoms with E-state index in [9.17, 15) is 0 Å². The molecular formula is C16H19Cl3N2PdSi. The number of hydrogen-bond donors (Lipinski definition) is 0. The molecule has 0 amide bonds. The Bertz CT molecular complexity index is 655. The second-order valence-corrected chi connectivity index (χ2v) is 11.6. The first kappa shape index (κ1) is 21.1. The number of halogens is 3. The van der Waals surface area contributed by atoms with Gasteiger partial charge in [-0.15, -0.1) is 0 Å². The Balaban J connectivity index is 0.00000264.